The molecule has 4 heterocycles. The normalized spacial score (nSPS) is 32.2. The van der Waals surface area contributed by atoms with E-state index in [0.717, 1.165) is 19.3 Å². The first kappa shape index (κ1) is 26.5. The summed E-state index contributed by atoms with van der Waals surface area (Å²) in [6.45, 7) is -0.673. The Morgan fingerprint density at radius 2 is 2.22 bits per heavy atom. The zero-order valence-corrected chi connectivity index (χ0v) is 22.8. The van der Waals surface area contributed by atoms with Crippen molar-refractivity contribution in [2.75, 3.05) is 13.7 Å². The molecule has 0 aromatic carbocycles. The molecule has 1 unspecified atom stereocenters. The van der Waals surface area contributed by atoms with Gasteiger partial charge in [0.15, 0.2) is 21.0 Å². The van der Waals surface area contributed by atoms with E-state index in [0.29, 0.717) is 5.56 Å². The van der Waals surface area contributed by atoms with E-state index in [9.17, 15) is 15.0 Å². The number of methoxy groups -OCH3 is 1. The molecule has 3 aromatic heterocycles. The van der Waals surface area contributed by atoms with Crippen LogP contribution in [-0.2, 0) is 19.8 Å². The highest BCUT2D eigenvalue weighted by Crippen LogP contribution is 2.55. The first-order valence-corrected chi connectivity index (χ1v) is 13.2. The zero-order valence-electron chi connectivity index (χ0n) is 19.6. The average Bonchev–Trinajstić information content (AvgIpc) is 3.53. The van der Waals surface area contributed by atoms with Gasteiger partial charge in [-0.1, -0.05) is 22.9 Å². The number of rotatable bonds is 7. The first-order valence-electron chi connectivity index (χ1n) is 11.5. The van der Waals surface area contributed by atoms with Crippen molar-refractivity contribution in [3.8, 4) is 5.82 Å². The molecule has 1 saturated carbocycles. The number of carbonyl (C=O) groups is 1. The Kier molecular flexibility index (Phi) is 7.11. The van der Waals surface area contributed by atoms with Crippen molar-refractivity contribution in [2.45, 2.75) is 52.5 Å². The van der Waals surface area contributed by atoms with Crippen molar-refractivity contribution in [1.82, 2.24) is 35.1 Å². The van der Waals surface area contributed by atoms with Gasteiger partial charge in [0.1, 0.15) is 11.5 Å². The van der Waals surface area contributed by atoms with Crippen molar-refractivity contribution in [2.24, 2.45) is 0 Å². The van der Waals surface area contributed by atoms with Crippen LogP contribution in [0.25, 0.3) is 5.82 Å². The minimum atomic E-state index is -2.02. The number of aliphatic hydroxyl groups excluding tert-OH is 2. The molecule has 15 heteroatoms. The summed E-state index contributed by atoms with van der Waals surface area (Å²) in [6, 6.07) is 4.82. The van der Waals surface area contributed by atoms with Gasteiger partial charge in [0.05, 0.1) is 12.8 Å². The Balaban J connectivity index is 1.81. The van der Waals surface area contributed by atoms with E-state index in [-0.39, 0.29) is 17.0 Å². The van der Waals surface area contributed by atoms with Crippen LogP contribution in [0.15, 0.2) is 43.0 Å². The van der Waals surface area contributed by atoms with Crippen LogP contribution < -0.4 is 5.32 Å². The van der Waals surface area contributed by atoms with E-state index in [1.165, 1.54) is 28.9 Å². The van der Waals surface area contributed by atoms with E-state index in [1.54, 1.807) is 30.6 Å². The predicted octanol–water partition coefficient (Wildman–Crippen LogP) is 1.04. The molecule has 3 aromatic rings. The molecule has 0 bridgehead atoms. The number of alkyl halides is 1. The number of aromatic nitrogens is 6. The van der Waals surface area contributed by atoms with E-state index in [2.05, 4.69) is 54.3 Å². The number of nitrogens with zero attached hydrogens (tertiary/aromatic N) is 6. The van der Waals surface area contributed by atoms with Gasteiger partial charge in [0.25, 0.3) is 5.91 Å². The van der Waals surface area contributed by atoms with Gasteiger partial charge in [0.2, 0.25) is 5.60 Å². The molecule has 1 aliphatic heterocycles. The Bertz CT molecular complexity index is 1280. The van der Waals surface area contributed by atoms with Crippen molar-refractivity contribution >= 4 is 46.1 Å². The number of carbonyl (C=O) groups excluding carboxylic acids is 1. The Morgan fingerprint density at radius 3 is 2.78 bits per heavy atom. The molecule has 2 aliphatic rings. The van der Waals surface area contributed by atoms with Crippen LogP contribution in [0.4, 0.5) is 0 Å². The number of hydrogen-bond donors (Lipinski definition) is 4. The Labute approximate surface area is 230 Å². The molecule has 1 saturated heterocycles. The van der Waals surface area contributed by atoms with Crippen molar-refractivity contribution < 1.29 is 24.5 Å². The zero-order chi connectivity index (χ0) is 26.4. The van der Waals surface area contributed by atoms with Crippen LogP contribution >= 0.6 is 40.2 Å². The molecule has 0 spiro atoms. The molecule has 0 radical (unpaired) electrons. The summed E-state index contributed by atoms with van der Waals surface area (Å²) in [6.07, 6.45) is 7.02. The lowest BCUT2D eigenvalue weighted by Crippen LogP contribution is -2.81. The van der Waals surface area contributed by atoms with Crippen LogP contribution in [0.5, 0.6) is 0 Å². The number of pyridine rings is 1. The fourth-order valence-electron chi connectivity index (χ4n) is 4.99. The van der Waals surface area contributed by atoms with Crippen LogP contribution in [-0.4, -0.2) is 87.3 Å². The lowest BCUT2D eigenvalue weighted by molar-refractivity contribution is -0.264. The van der Waals surface area contributed by atoms with Gasteiger partial charge in [-0.15, -0.1) is 17.7 Å². The number of thiol groups is 1. The summed E-state index contributed by atoms with van der Waals surface area (Å²) in [4.78, 5) is 18.4. The topological polar surface area (TPSA) is 149 Å². The van der Waals surface area contributed by atoms with E-state index in [1.807, 2.05) is 0 Å². The molecular weight excluding hydrogens is 590 g/mol. The van der Waals surface area contributed by atoms with Crippen LogP contribution in [0.1, 0.15) is 24.8 Å². The Hall–Kier alpha value is -2.07. The molecule has 5 rings (SSSR count). The third kappa shape index (κ3) is 3.92. The monoisotopic (exact) mass is 613 g/mol. The molecule has 12 nitrogen and oxygen atoms in total. The fourth-order valence-corrected chi connectivity index (χ4v) is 6.40. The maximum absolute atomic E-state index is 14.2. The van der Waals surface area contributed by atoms with Crippen LogP contribution in [0.3, 0.4) is 0 Å². The smallest absolute Gasteiger partial charge is 0.259 e. The Morgan fingerprint density at radius 1 is 1.43 bits per heavy atom. The predicted molar refractivity (Wildman–Crippen MR) is 138 cm³/mol. The van der Waals surface area contributed by atoms with Gasteiger partial charge in [-0.2, -0.15) is 5.10 Å². The van der Waals surface area contributed by atoms with E-state index < -0.39 is 39.7 Å². The molecule has 37 heavy (non-hydrogen) atoms. The fraction of sp³-hybridized carbons (Fsp3) is 0.500. The number of aliphatic hydroxyl groups is 2. The van der Waals surface area contributed by atoms with Crippen molar-refractivity contribution in [3.63, 3.8) is 0 Å². The summed E-state index contributed by atoms with van der Waals surface area (Å²) < 4.78 is 12.9. The van der Waals surface area contributed by atoms with Gasteiger partial charge >= 0.3 is 0 Å². The average molecular weight is 615 g/mol. The molecule has 198 valence electrons. The number of hydrogen-bond acceptors (Lipinski definition) is 10. The van der Waals surface area contributed by atoms with Crippen LogP contribution in [0.2, 0.25) is 5.15 Å². The number of halogens is 2. The highest BCUT2D eigenvalue weighted by molar-refractivity contribution is 9.10. The van der Waals surface area contributed by atoms with Crippen molar-refractivity contribution in [1.29, 1.82) is 0 Å². The molecule has 1 amide bonds. The van der Waals surface area contributed by atoms with E-state index >= 15 is 0 Å². The standard InChI is InChI=1S/C22H25BrClN7O5S/c1-35-22(18(34)26-14-5-2-6-14)19(37)36-20(23,12-32)17(33)21(22,13-4-3-8-25-10-13)31-11-16(27-29-31)30-9-7-15(24)28-30/h3-4,7-11,14,17,19,32-33,37H,2,5-6,12H2,1H3,(H,26,34)/t17-,19+,20+,21?,22-/m0/s1. The van der Waals surface area contributed by atoms with Gasteiger partial charge < -0.3 is 25.0 Å². The summed E-state index contributed by atoms with van der Waals surface area (Å²) in [5.41, 5.74) is -4.89. The van der Waals surface area contributed by atoms with Crippen molar-refractivity contribution in [3.05, 3.63) is 53.7 Å². The van der Waals surface area contributed by atoms with Gasteiger partial charge in [-0.3, -0.25) is 9.78 Å². The third-order valence-corrected chi connectivity index (χ3v) is 8.62. The number of amides is 1. The van der Waals surface area contributed by atoms with Gasteiger partial charge in [-0.05, 0) is 47.3 Å². The van der Waals surface area contributed by atoms with Gasteiger partial charge in [-0.25, -0.2) is 9.36 Å². The molecule has 3 N–H and O–H groups in total. The highest BCUT2D eigenvalue weighted by atomic mass is 79.9. The third-order valence-electron chi connectivity index (χ3n) is 7.08. The minimum Gasteiger partial charge on any atom is -0.392 e. The molecule has 5 atom stereocenters. The summed E-state index contributed by atoms with van der Waals surface area (Å²) >= 11 is 14.0. The van der Waals surface area contributed by atoms with Gasteiger partial charge in [0, 0.05) is 37.3 Å². The number of ether oxygens (including phenoxy) is 2. The maximum atomic E-state index is 14.2. The second-order valence-corrected chi connectivity index (χ2v) is 11.2. The first-order chi connectivity index (χ1) is 17.7. The number of nitrogens with one attached hydrogen (secondary N) is 1. The molecule has 1 aliphatic carbocycles. The largest absolute Gasteiger partial charge is 0.392 e. The highest BCUT2D eigenvalue weighted by Gasteiger charge is 2.75. The minimum absolute atomic E-state index is 0.0742. The second-order valence-electron chi connectivity index (χ2n) is 8.97. The lowest BCUT2D eigenvalue weighted by atomic mass is 9.67. The lowest BCUT2D eigenvalue weighted by Gasteiger charge is -2.59. The summed E-state index contributed by atoms with van der Waals surface area (Å²) in [5.74, 6) is -0.326. The molecular formula is C22H25BrClN7O5S. The second kappa shape index (κ2) is 9.91. The maximum Gasteiger partial charge on any atom is 0.259 e. The summed E-state index contributed by atoms with van der Waals surface area (Å²) in [7, 11) is 1.33. The summed E-state index contributed by atoms with van der Waals surface area (Å²) in [5, 5.41) is 38.4. The van der Waals surface area contributed by atoms with E-state index in [4.69, 9.17) is 21.1 Å². The quantitative estimate of drug-likeness (QED) is 0.226. The van der Waals surface area contributed by atoms with Crippen LogP contribution in [0, 0.1) is 0 Å². The molecule has 2 fully saturated rings. The SMILES string of the molecule is CO[C@@]1(C(=O)NC2CCC2)[C@@H](S)O[C@](Br)(CO)[C@H](O)C1(c1cccnc1)n1cc(-n2ccc(Cl)n2)nn1.